The third-order valence-corrected chi connectivity index (χ3v) is 6.53. The lowest BCUT2D eigenvalue weighted by molar-refractivity contribution is -0.282. The van der Waals surface area contributed by atoms with Crippen molar-refractivity contribution in [3.63, 3.8) is 0 Å². The Morgan fingerprint density at radius 1 is 0.760 bits per heavy atom. The first kappa shape index (κ1) is 23.5. The van der Waals surface area contributed by atoms with Crippen LogP contribution in [0.5, 0.6) is 0 Å². The van der Waals surface area contributed by atoms with Crippen molar-refractivity contribution in [1.29, 1.82) is 0 Å². The summed E-state index contributed by atoms with van der Waals surface area (Å²) < 4.78 is 30.3. The van der Waals surface area contributed by atoms with Gasteiger partial charge in [0.25, 0.3) is 0 Å². The predicted molar refractivity (Wildman–Crippen MR) is 107 cm³/mol. The minimum Gasteiger partial charge on any atom is -0.415 e. The van der Waals surface area contributed by atoms with Gasteiger partial charge in [-0.3, -0.25) is 0 Å². The Morgan fingerprint density at radius 3 is 1.64 bits per heavy atom. The summed E-state index contributed by atoms with van der Waals surface area (Å²) in [4.78, 5) is 0. The van der Waals surface area contributed by atoms with Crippen LogP contribution in [0.2, 0.25) is 58.9 Å². The molecule has 1 aliphatic rings. The van der Waals surface area contributed by atoms with Crippen LogP contribution in [0.15, 0.2) is 0 Å². The molecule has 0 aromatic carbocycles. The van der Waals surface area contributed by atoms with Crippen molar-refractivity contribution in [2.45, 2.75) is 89.6 Å². The summed E-state index contributed by atoms with van der Waals surface area (Å²) in [5.74, 6) is 0. The quantitative estimate of drug-likeness (QED) is 0.621. The van der Waals surface area contributed by atoms with Crippen LogP contribution in [0.1, 0.15) is 0 Å². The number of hydrogen-bond acceptors (Lipinski definition) is 6. The van der Waals surface area contributed by atoms with Gasteiger partial charge in [0.1, 0.15) is 24.4 Å². The van der Waals surface area contributed by atoms with Gasteiger partial charge < -0.3 is 27.9 Å². The van der Waals surface area contributed by atoms with Gasteiger partial charge in [0.05, 0.1) is 6.61 Å². The van der Waals surface area contributed by atoms with Crippen LogP contribution in [-0.2, 0) is 22.8 Å². The molecule has 1 fully saturated rings. The molecule has 150 valence electrons. The Balaban J connectivity index is 3.06. The first-order valence-electron chi connectivity index (χ1n) is 8.99. The van der Waals surface area contributed by atoms with E-state index in [1.807, 2.05) is 0 Å². The van der Waals surface area contributed by atoms with Gasteiger partial charge in [-0.25, -0.2) is 0 Å². The summed E-state index contributed by atoms with van der Waals surface area (Å²) in [7, 11) is -3.82. The van der Waals surface area contributed by atoms with Crippen LogP contribution in [0.3, 0.4) is 0 Å². The summed E-state index contributed by atoms with van der Waals surface area (Å²) in [6.07, 6.45) is -2.69. The molecule has 1 heterocycles. The fraction of sp³-hybridized carbons (Fsp3) is 1.00. The van der Waals surface area contributed by atoms with Crippen molar-refractivity contribution < 1.29 is 27.9 Å². The molecule has 9 heteroatoms. The summed E-state index contributed by atoms with van der Waals surface area (Å²) in [6, 6.07) is 0. The van der Waals surface area contributed by atoms with Crippen molar-refractivity contribution in [2.24, 2.45) is 0 Å². The highest BCUT2D eigenvalue weighted by Crippen LogP contribution is 2.31. The topological polar surface area (TPSA) is 66.4 Å². The van der Waals surface area contributed by atoms with E-state index in [-0.39, 0.29) is 12.2 Å². The lowest BCUT2D eigenvalue weighted by atomic mass is 9.99. The highest BCUT2D eigenvalue weighted by atomic mass is 28.4. The molecule has 1 unspecified atom stereocenters. The third-order valence-electron chi connectivity index (χ3n) is 3.54. The minimum absolute atomic E-state index is 0.322. The summed E-state index contributed by atoms with van der Waals surface area (Å²) in [5, 5.41) is 10.6. The average Bonchev–Trinajstić information content (AvgIpc) is 2.37. The van der Waals surface area contributed by atoms with E-state index in [2.05, 4.69) is 58.9 Å². The van der Waals surface area contributed by atoms with E-state index in [1.54, 1.807) is 7.11 Å². The highest BCUT2D eigenvalue weighted by Gasteiger charge is 2.49. The molecule has 1 rings (SSSR count). The molecule has 0 amide bonds. The molecule has 0 spiro atoms. The normalized spacial score (nSPS) is 32.0. The van der Waals surface area contributed by atoms with Crippen molar-refractivity contribution in [2.75, 3.05) is 13.7 Å². The molecule has 25 heavy (non-hydrogen) atoms. The Labute approximate surface area is 156 Å². The third kappa shape index (κ3) is 8.31. The SMILES string of the molecule is CO[C@H]1[C@H](O[Si](C)(C)C)[C@@H](CO[Si](C)(C)C)OC(O)[C@@H]1O[Si](C)(C)C. The lowest BCUT2D eigenvalue weighted by Crippen LogP contribution is -2.64. The number of aliphatic hydroxyl groups excluding tert-OH is 1. The van der Waals surface area contributed by atoms with Gasteiger partial charge in [0, 0.05) is 7.11 Å². The van der Waals surface area contributed by atoms with E-state index in [0.717, 1.165) is 0 Å². The van der Waals surface area contributed by atoms with Gasteiger partial charge in [0.2, 0.25) is 0 Å². The lowest BCUT2D eigenvalue weighted by Gasteiger charge is -2.47. The maximum atomic E-state index is 10.6. The molecular formula is C16H38O6Si3. The van der Waals surface area contributed by atoms with E-state index >= 15 is 0 Å². The van der Waals surface area contributed by atoms with Crippen LogP contribution in [0, 0.1) is 0 Å². The number of ether oxygens (including phenoxy) is 2. The smallest absolute Gasteiger partial charge is 0.184 e. The second kappa shape index (κ2) is 8.61. The molecule has 1 saturated heterocycles. The largest absolute Gasteiger partial charge is 0.415 e. The van der Waals surface area contributed by atoms with Gasteiger partial charge in [0.15, 0.2) is 31.2 Å². The second-order valence-electron chi connectivity index (χ2n) is 9.58. The highest BCUT2D eigenvalue weighted by molar-refractivity contribution is 6.70. The zero-order valence-corrected chi connectivity index (χ0v) is 20.6. The molecule has 0 saturated carbocycles. The van der Waals surface area contributed by atoms with Crippen molar-refractivity contribution in [1.82, 2.24) is 0 Å². The van der Waals surface area contributed by atoms with Crippen LogP contribution < -0.4 is 0 Å². The van der Waals surface area contributed by atoms with Gasteiger partial charge >= 0.3 is 0 Å². The Hall–Kier alpha value is 0.411. The molecule has 0 aromatic heterocycles. The Morgan fingerprint density at radius 2 is 1.24 bits per heavy atom. The van der Waals surface area contributed by atoms with Crippen LogP contribution in [-0.4, -0.2) is 74.5 Å². The molecule has 1 aliphatic heterocycles. The van der Waals surface area contributed by atoms with Gasteiger partial charge in [-0.2, -0.15) is 0 Å². The Kier molecular flexibility index (Phi) is 8.08. The molecule has 0 radical (unpaired) electrons. The molecule has 5 atom stereocenters. The summed E-state index contributed by atoms with van der Waals surface area (Å²) >= 11 is 0. The molecule has 0 aromatic rings. The number of aliphatic hydroxyl groups is 1. The standard InChI is InChI=1S/C16H38O6Si3/c1-18-14-13(21-24(5,6)7)12(11-19-23(2,3)4)20-16(17)15(14)22-25(8,9)10/h12-17H,11H2,1-10H3/t12-,13-,14+,15-,16?/m1/s1. The fourth-order valence-corrected chi connectivity index (χ4v) is 5.55. The average molecular weight is 411 g/mol. The number of methoxy groups -OCH3 is 1. The van der Waals surface area contributed by atoms with Gasteiger partial charge in [-0.1, -0.05) is 0 Å². The van der Waals surface area contributed by atoms with Crippen LogP contribution >= 0.6 is 0 Å². The molecule has 1 N–H and O–H groups in total. The minimum atomic E-state index is -1.89. The Bertz CT molecular complexity index is 416. The molecule has 0 bridgehead atoms. The second-order valence-corrected chi connectivity index (χ2v) is 23.0. The molecule has 6 nitrogen and oxygen atoms in total. The van der Waals surface area contributed by atoms with E-state index in [0.29, 0.717) is 6.61 Å². The van der Waals surface area contributed by atoms with Gasteiger partial charge in [-0.15, -0.1) is 0 Å². The van der Waals surface area contributed by atoms with Crippen molar-refractivity contribution in [3.05, 3.63) is 0 Å². The maximum Gasteiger partial charge on any atom is 0.184 e. The van der Waals surface area contributed by atoms with E-state index in [1.165, 1.54) is 0 Å². The first-order valence-corrected chi connectivity index (χ1v) is 19.2. The molecule has 0 aliphatic carbocycles. The monoisotopic (exact) mass is 410 g/mol. The number of rotatable bonds is 8. The zero-order chi connectivity index (χ0) is 19.6. The van der Waals surface area contributed by atoms with Crippen LogP contribution in [0.25, 0.3) is 0 Å². The maximum absolute atomic E-state index is 10.6. The van der Waals surface area contributed by atoms with E-state index in [4.69, 9.17) is 22.8 Å². The predicted octanol–water partition coefficient (Wildman–Crippen LogP) is 3.01. The van der Waals surface area contributed by atoms with Crippen molar-refractivity contribution >= 4 is 25.0 Å². The first-order chi connectivity index (χ1) is 11.1. The van der Waals surface area contributed by atoms with E-state index < -0.39 is 43.5 Å². The fourth-order valence-electron chi connectivity index (χ4n) is 2.71. The number of hydrogen-bond donors (Lipinski definition) is 1. The van der Waals surface area contributed by atoms with Crippen LogP contribution in [0.4, 0.5) is 0 Å². The molecular weight excluding hydrogens is 372 g/mol. The van der Waals surface area contributed by atoms with E-state index in [9.17, 15) is 5.11 Å². The van der Waals surface area contributed by atoms with Gasteiger partial charge in [-0.05, 0) is 58.9 Å². The summed E-state index contributed by atoms with van der Waals surface area (Å²) in [5.41, 5.74) is 0. The van der Waals surface area contributed by atoms with Crippen molar-refractivity contribution in [3.8, 4) is 0 Å². The summed E-state index contributed by atoms with van der Waals surface area (Å²) in [6.45, 7) is 19.4. The zero-order valence-electron chi connectivity index (χ0n) is 17.6.